The zero-order chi connectivity index (χ0) is 12.1. The van der Waals surface area contributed by atoms with Gasteiger partial charge in [-0.05, 0) is 43.3 Å². The van der Waals surface area contributed by atoms with E-state index in [4.69, 9.17) is 11.6 Å². The Morgan fingerprint density at radius 2 is 1.65 bits per heavy atom. The van der Waals surface area contributed by atoms with Crippen molar-refractivity contribution in [3.8, 4) is 0 Å². The van der Waals surface area contributed by atoms with E-state index in [-0.39, 0.29) is 0 Å². The number of nitrogens with one attached hydrogen (secondary N) is 1. The molecule has 0 saturated heterocycles. The highest BCUT2D eigenvalue weighted by atomic mass is 35.5. The van der Waals surface area contributed by atoms with E-state index >= 15 is 0 Å². The summed E-state index contributed by atoms with van der Waals surface area (Å²) < 4.78 is 0. The van der Waals surface area contributed by atoms with Crippen molar-refractivity contribution in [2.75, 3.05) is 11.2 Å². The van der Waals surface area contributed by atoms with E-state index in [1.807, 2.05) is 24.3 Å². The van der Waals surface area contributed by atoms with Gasteiger partial charge in [0.15, 0.2) is 0 Å². The average Bonchev–Trinajstić information content (AvgIpc) is 2.34. The van der Waals surface area contributed by atoms with Gasteiger partial charge in [-0.25, -0.2) is 0 Å². The molecule has 0 aromatic heterocycles. The molecule has 0 heterocycles. The molecule has 0 aliphatic heterocycles. The fourth-order valence-corrected chi connectivity index (χ4v) is 2.27. The second-order valence-electron chi connectivity index (χ2n) is 3.79. The summed E-state index contributed by atoms with van der Waals surface area (Å²) >= 11 is 7.59. The Morgan fingerprint density at radius 1 is 1.00 bits per heavy atom. The van der Waals surface area contributed by atoms with Gasteiger partial charge in [0.1, 0.15) is 0 Å². The van der Waals surface area contributed by atoms with Gasteiger partial charge in [0.25, 0.3) is 0 Å². The van der Waals surface area contributed by atoms with E-state index in [2.05, 4.69) is 36.5 Å². The van der Waals surface area contributed by atoms with Crippen LogP contribution in [0.15, 0.2) is 53.4 Å². The van der Waals surface area contributed by atoms with Crippen LogP contribution in [0.1, 0.15) is 5.56 Å². The standard InChI is InChI=1S/C14H14ClNS/c1-11-2-6-13(7-3-11)16-10-17-14-8-4-12(15)5-9-14/h2-9,16H,10H2,1H3. The van der Waals surface area contributed by atoms with Crippen molar-refractivity contribution in [3.05, 3.63) is 59.1 Å². The minimum Gasteiger partial charge on any atom is -0.376 e. The molecule has 0 unspecified atom stereocenters. The van der Waals surface area contributed by atoms with Crippen LogP contribution >= 0.6 is 23.4 Å². The van der Waals surface area contributed by atoms with Crippen molar-refractivity contribution >= 4 is 29.1 Å². The summed E-state index contributed by atoms with van der Waals surface area (Å²) in [4.78, 5) is 1.22. The second kappa shape index (κ2) is 5.99. The lowest BCUT2D eigenvalue weighted by molar-refractivity contribution is 1.39. The molecule has 0 fully saturated rings. The lowest BCUT2D eigenvalue weighted by atomic mass is 10.2. The molecular formula is C14H14ClNS. The predicted molar refractivity (Wildman–Crippen MR) is 77.0 cm³/mol. The Kier molecular flexibility index (Phi) is 4.35. The maximum Gasteiger partial charge on any atom is 0.0657 e. The molecule has 0 aliphatic carbocycles. The maximum absolute atomic E-state index is 5.83. The Bertz CT molecular complexity index is 419. The minimum atomic E-state index is 0.779. The fraction of sp³-hybridized carbons (Fsp3) is 0.143. The molecule has 2 aromatic rings. The molecule has 1 N–H and O–H groups in total. The summed E-state index contributed by atoms with van der Waals surface area (Å²) in [6.45, 7) is 2.09. The topological polar surface area (TPSA) is 12.0 Å². The molecule has 2 aromatic carbocycles. The molecule has 0 aliphatic rings. The number of halogens is 1. The first-order chi connectivity index (χ1) is 8.24. The maximum atomic E-state index is 5.83. The number of aryl methyl sites for hydroxylation is 1. The Hall–Kier alpha value is -1.12. The number of hydrogen-bond donors (Lipinski definition) is 1. The van der Waals surface area contributed by atoms with Gasteiger partial charge < -0.3 is 5.32 Å². The molecule has 88 valence electrons. The molecular weight excluding hydrogens is 250 g/mol. The van der Waals surface area contributed by atoms with Gasteiger partial charge in [-0.3, -0.25) is 0 Å². The van der Waals surface area contributed by atoms with Crippen LogP contribution in [0.4, 0.5) is 5.69 Å². The Morgan fingerprint density at radius 3 is 2.29 bits per heavy atom. The minimum absolute atomic E-state index is 0.779. The van der Waals surface area contributed by atoms with E-state index in [0.717, 1.165) is 16.6 Å². The number of benzene rings is 2. The highest BCUT2D eigenvalue weighted by molar-refractivity contribution is 7.99. The predicted octanol–water partition coefficient (Wildman–Crippen LogP) is 4.81. The molecule has 17 heavy (non-hydrogen) atoms. The first-order valence-electron chi connectivity index (χ1n) is 5.43. The van der Waals surface area contributed by atoms with Crippen LogP contribution in [0, 0.1) is 6.92 Å². The van der Waals surface area contributed by atoms with E-state index in [1.165, 1.54) is 10.5 Å². The lowest BCUT2D eigenvalue weighted by Crippen LogP contribution is -1.96. The van der Waals surface area contributed by atoms with Gasteiger partial charge in [-0.1, -0.05) is 29.3 Å². The molecule has 0 saturated carbocycles. The van der Waals surface area contributed by atoms with Crippen LogP contribution in [-0.2, 0) is 0 Å². The third-order valence-corrected chi connectivity index (χ3v) is 3.53. The van der Waals surface area contributed by atoms with E-state index in [1.54, 1.807) is 11.8 Å². The molecule has 0 radical (unpaired) electrons. The van der Waals surface area contributed by atoms with Gasteiger partial charge in [0, 0.05) is 15.6 Å². The van der Waals surface area contributed by atoms with Gasteiger partial charge >= 0.3 is 0 Å². The summed E-state index contributed by atoms with van der Waals surface area (Å²) in [6, 6.07) is 16.3. The summed E-state index contributed by atoms with van der Waals surface area (Å²) in [5.74, 6) is 0.852. The third kappa shape index (κ3) is 3.99. The van der Waals surface area contributed by atoms with Crippen molar-refractivity contribution in [1.82, 2.24) is 0 Å². The zero-order valence-corrected chi connectivity index (χ0v) is 11.2. The molecule has 0 bridgehead atoms. The van der Waals surface area contributed by atoms with Gasteiger partial charge in [-0.15, -0.1) is 11.8 Å². The molecule has 1 nitrogen and oxygen atoms in total. The molecule has 0 amide bonds. The number of anilines is 1. The summed E-state index contributed by atoms with van der Waals surface area (Å²) in [6.07, 6.45) is 0. The SMILES string of the molecule is Cc1ccc(NCSc2ccc(Cl)cc2)cc1. The summed E-state index contributed by atoms with van der Waals surface area (Å²) in [5, 5.41) is 4.14. The zero-order valence-electron chi connectivity index (χ0n) is 9.61. The van der Waals surface area contributed by atoms with Crippen LogP contribution in [0.2, 0.25) is 5.02 Å². The molecule has 0 atom stereocenters. The molecule has 2 rings (SSSR count). The van der Waals surface area contributed by atoms with Crippen LogP contribution in [0.3, 0.4) is 0 Å². The van der Waals surface area contributed by atoms with Gasteiger partial charge in [0.2, 0.25) is 0 Å². The monoisotopic (exact) mass is 263 g/mol. The van der Waals surface area contributed by atoms with E-state index in [9.17, 15) is 0 Å². The normalized spacial score (nSPS) is 10.2. The first-order valence-corrected chi connectivity index (χ1v) is 6.79. The highest BCUT2D eigenvalue weighted by Gasteiger charge is 1.95. The summed E-state index contributed by atoms with van der Waals surface area (Å²) in [7, 11) is 0. The van der Waals surface area contributed by atoms with Crippen molar-refractivity contribution < 1.29 is 0 Å². The Balaban J connectivity index is 1.83. The van der Waals surface area contributed by atoms with E-state index < -0.39 is 0 Å². The highest BCUT2D eigenvalue weighted by Crippen LogP contribution is 2.20. The fourth-order valence-electron chi connectivity index (χ4n) is 1.40. The Labute approximate surface area is 111 Å². The quantitative estimate of drug-likeness (QED) is 0.628. The number of thioether (sulfide) groups is 1. The molecule has 3 heteroatoms. The van der Waals surface area contributed by atoms with Crippen LogP contribution in [0.25, 0.3) is 0 Å². The molecule has 0 spiro atoms. The average molecular weight is 264 g/mol. The van der Waals surface area contributed by atoms with Crippen LogP contribution < -0.4 is 5.32 Å². The lowest BCUT2D eigenvalue weighted by Gasteiger charge is -2.06. The number of hydrogen-bond acceptors (Lipinski definition) is 2. The summed E-state index contributed by atoms with van der Waals surface area (Å²) in [5.41, 5.74) is 2.43. The van der Waals surface area contributed by atoms with Crippen LogP contribution in [-0.4, -0.2) is 5.88 Å². The smallest absolute Gasteiger partial charge is 0.0657 e. The van der Waals surface area contributed by atoms with Crippen molar-refractivity contribution in [2.24, 2.45) is 0 Å². The van der Waals surface area contributed by atoms with Crippen molar-refractivity contribution in [1.29, 1.82) is 0 Å². The van der Waals surface area contributed by atoms with E-state index in [0.29, 0.717) is 0 Å². The van der Waals surface area contributed by atoms with Crippen molar-refractivity contribution in [2.45, 2.75) is 11.8 Å². The van der Waals surface area contributed by atoms with Gasteiger partial charge in [0.05, 0.1) is 5.88 Å². The number of rotatable bonds is 4. The van der Waals surface area contributed by atoms with Gasteiger partial charge in [-0.2, -0.15) is 0 Å². The first kappa shape index (κ1) is 12.3. The largest absolute Gasteiger partial charge is 0.376 e. The second-order valence-corrected chi connectivity index (χ2v) is 5.27. The van der Waals surface area contributed by atoms with Crippen LogP contribution in [0.5, 0.6) is 0 Å². The van der Waals surface area contributed by atoms with Crippen molar-refractivity contribution in [3.63, 3.8) is 0 Å². The third-order valence-electron chi connectivity index (χ3n) is 2.38.